The summed E-state index contributed by atoms with van der Waals surface area (Å²) in [4.78, 5) is 4.53. The molecule has 0 atom stereocenters. The molecular formula is C15H17Cl2FN2. The molecule has 1 aromatic heterocycles. The van der Waals surface area contributed by atoms with Crippen molar-refractivity contribution < 1.29 is 4.39 Å². The van der Waals surface area contributed by atoms with Crippen molar-refractivity contribution >= 4 is 34.2 Å². The van der Waals surface area contributed by atoms with Crippen LogP contribution < -0.4 is 0 Å². The Morgan fingerprint density at radius 2 is 2.15 bits per heavy atom. The van der Waals surface area contributed by atoms with Gasteiger partial charge in [-0.2, -0.15) is 0 Å². The van der Waals surface area contributed by atoms with Gasteiger partial charge in [-0.3, -0.25) is 0 Å². The van der Waals surface area contributed by atoms with Gasteiger partial charge in [0.05, 0.1) is 16.1 Å². The molecular weight excluding hydrogens is 298 g/mol. The second kappa shape index (κ2) is 5.19. The van der Waals surface area contributed by atoms with E-state index >= 15 is 0 Å². The van der Waals surface area contributed by atoms with Gasteiger partial charge in [0.15, 0.2) is 0 Å². The summed E-state index contributed by atoms with van der Waals surface area (Å²) in [6.07, 6.45) is 4.42. The van der Waals surface area contributed by atoms with Crippen molar-refractivity contribution in [3.8, 4) is 0 Å². The number of aryl methyl sites for hydroxylation is 1. The van der Waals surface area contributed by atoms with Gasteiger partial charge in [-0.25, -0.2) is 9.37 Å². The largest absolute Gasteiger partial charge is 0.327 e. The van der Waals surface area contributed by atoms with E-state index in [0.29, 0.717) is 23.2 Å². The summed E-state index contributed by atoms with van der Waals surface area (Å²) in [6, 6.07) is 3.09. The van der Waals surface area contributed by atoms with Crippen LogP contribution in [0.3, 0.4) is 0 Å². The van der Waals surface area contributed by atoms with Gasteiger partial charge in [0.1, 0.15) is 11.6 Å². The first kappa shape index (κ1) is 14.2. The number of alkyl halides is 1. The molecule has 2 nitrogen and oxygen atoms in total. The van der Waals surface area contributed by atoms with Crippen molar-refractivity contribution in [3.05, 3.63) is 28.8 Å². The maximum atomic E-state index is 13.6. The highest BCUT2D eigenvalue weighted by molar-refractivity contribution is 6.31. The third-order valence-corrected chi connectivity index (χ3v) is 4.77. The lowest BCUT2D eigenvalue weighted by Crippen LogP contribution is -2.31. The van der Waals surface area contributed by atoms with E-state index in [1.54, 1.807) is 6.07 Å². The lowest BCUT2D eigenvalue weighted by molar-refractivity contribution is 0.132. The number of hydrogen-bond donors (Lipinski definition) is 0. The van der Waals surface area contributed by atoms with Crippen LogP contribution in [-0.4, -0.2) is 15.4 Å². The predicted molar refractivity (Wildman–Crippen MR) is 81.1 cm³/mol. The summed E-state index contributed by atoms with van der Waals surface area (Å²) >= 11 is 11.8. The number of rotatable bonds is 4. The minimum Gasteiger partial charge on any atom is -0.327 e. The molecule has 0 spiro atoms. The quantitative estimate of drug-likeness (QED) is 0.741. The molecule has 0 N–H and O–H groups in total. The molecule has 0 aliphatic heterocycles. The normalized spacial score (nSPS) is 17.4. The van der Waals surface area contributed by atoms with Crippen molar-refractivity contribution in [2.45, 2.75) is 39.2 Å². The molecule has 0 unspecified atom stereocenters. The van der Waals surface area contributed by atoms with E-state index in [1.165, 1.54) is 25.3 Å². The average molecular weight is 315 g/mol. The first-order valence-electron chi connectivity index (χ1n) is 6.92. The zero-order valence-electron chi connectivity index (χ0n) is 11.4. The summed E-state index contributed by atoms with van der Waals surface area (Å²) in [5.41, 5.74) is 1.88. The van der Waals surface area contributed by atoms with Crippen LogP contribution in [0, 0.1) is 11.2 Å². The first-order valence-corrected chi connectivity index (χ1v) is 7.84. The standard InChI is InChI=1S/C15H17Cl2FN2/c1-15(4-2-5-15)9-20-13-7-10(17)11(18)8-12(13)19-14(20)3-6-16/h7-8H,2-6,9H2,1H3. The van der Waals surface area contributed by atoms with E-state index in [9.17, 15) is 4.39 Å². The van der Waals surface area contributed by atoms with Crippen LogP contribution in [0.15, 0.2) is 12.1 Å². The third kappa shape index (κ3) is 2.42. The molecule has 1 aliphatic carbocycles. The maximum Gasteiger partial charge on any atom is 0.144 e. The molecule has 1 aliphatic rings. The van der Waals surface area contributed by atoms with Crippen molar-refractivity contribution in [1.29, 1.82) is 0 Å². The molecule has 0 bridgehead atoms. The number of nitrogens with zero attached hydrogens (tertiary/aromatic N) is 2. The fourth-order valence-electron chi connectivity index (χ4n) is 2.94. The van der Waals surface area contributed by atoms with E-state index in [0.717, 1.165) is 17.9 Å². The Hall–Kier alpha value is -0.800. The summed E-state index contributed by atoms with van der Waals surface area (Å²) in [6.45, 7) is 3.19. The Bertz CT molecular complexity index is 647. The molecule has 0 radical (unpaired) electrons. The summed E-state index contributed by atoms with van der Waals surface area (Å²) in [5, 5.41) is 0.148. The van der Waals surface area contributed by atoms with Gasteiger partial charge in [-0.15, -0.1) is 11.6 Å². The van der Waals surface area contributed by atoms with Crippen molar-refractivity contribution in [1.82, 2.24) is 9.55 Å². The molecule has 108 valence electrons. The minimum absolute atomic E-state index is 0.148. The van der Waals surface area contributed by atoms with Crippen molar-refractivity contribution in [2.24, 2.45) is 5.41 Å². The van der Waals surface area contributed by atoms with Gasteiger partial charge < -0.3 is 4.57 Å². The second-order valence-electron chi connectivity index (χ2n) is 5.97. The van der Waals surface area contributed by atoms with Gasteiger partial charge in [-0.1, -0.05) is 24.9 Å². The molecule has 1 saturated carbocycles. The molecule has 1 heterocycles. The Morgan fingerprint density at radius 3 is 2.75 bits per heavy atom. The van der Waals surface area contributed by atoms with E-state index in [1.807, 2.05) is 0 Å². The topological polar surface area (TPSA) is 17.8 Å². The second-order valence-corrected chi connectivity index (χ2v) is 6.76. The van der Waals surface area contributed by atoms with E-state index in [2.05, 4.69) is 16.5 Å². The van der Waals surface area contributed by atoms with Gasteiger partial charge in [0.25, 0.3) is 0 Å². The van der Waals surface area contributed by atoms with Gasteiger partial charge >= 0.3 is 0 Å². The smallest absolute Gasteiger partial charge is 0.144 e. The summed E-state index contributed by atoms with van der Waals surface area (Å²) in [7, 11) is 0. The van der Waals surface area contributed by atoms with Crippen LogP contribution in [0.2, 0.25) is 5.02 Å². The molecule has 5 heteroatoms. The Kier molecular flexibility index (Phi) is 3.67. The van der Waals surface area contributed by atoms with Crippen LogP contribution in [-0.2, 0) is 13.0 Å². The third-order valence-electron chi connectivity index (χ3n) is 4.29. The maximum absolute atomic E-state index is 13.6. The lowest BCUT2D eigenvalue weighted by atomic mass is 9.70. The number of fused-ring (bicyclic) bond motifs is 1. The van der Waals surface area contributed by atoms with Crippen LogP contribution in [0.5, 0.6) is 0 Å². The summed E-state index contributed by atoms with van der Waals surface area (Å²) in [5.74, 6) is 1.01. The Morgan fingerprint density at radius 1 is 1.40 bits per heavy atom. The Balaban J connectivity index is 2.10. The van der Waals surface area contributed by atoms with Crippen molar-refractivity contribution in [3.63, 3.8) is 0 Å². The molecule has 2 aromatic rings. The zero-order chi connectivity index (χ0) is 14.3. The SMILES string of the molecule is CC1(Cn2c(CCCl)nc3cc(F)c(Cl)cc32)CCC1. The monoisotopic (exact) mass is 314 g/mol. The molecule has 1 fully saturated rings. The number of hydrogen-bond acceptors (Lipinski definition) is 1. The summed E-state index contributed by atoms with van der Waals surface area (Å²) < 4.78 is 15.8. The van der Waals surface area contributed by atoms with Gasteiger partial charge in [0.2, 0.25) is 0 Å². The number of aromatic nitrogens is 2. The number of imidazole rings is 1. The lowest BCUT2D eigenvalue weighted by Gasteiger charge is -2.39. The molecule has 0 amide bonds. The number of benzene rings is 1. The van der Waals surface area contributed by atoms with Crippen molar-refractivity contribution in [2.75, 3.05) is 5.88 Å². The molecule has 0 saturated heterocycles. The highest BCUT2D eigenvalue weighted by Gasteiger charge is 2.33. The fourth-order valence-corrected chi connectivity index (χ4v) is 3.27. The molecule has 1 aromatic carbocycles. The van der Waals surface area contributed by atoms with Gasteiger partial charge in [0, 0.05) is 24.9 Å². The molecule has 3 rings (SSSR count). The average Bonchev–Trinajstić information content (AvgIpc) is 2.67. The van der Waals surface area contributed by atoms with Crippen LogP contribution in [0.4, 0.5) is 4.39 Å². The fraction of sp³-hybridized carbons (Fsp3) is 0.533. The predicted octanol–water partition coefficient (Wildman–Crippen LogP) is 4.80. The first-order chi connectivity index (χ1) is 9.52. The van der Waals surface area contributed by atoms with Crippen LogP contribution in [0.25, 0.3) is 11.0 Å². The van der Waals surface area contributed by atoms with Crippen LogP contribution >= 0.6 is 23.2 Å². The zero-order valence-corrected chi connectivity index (χ0v) is 12.9. The van der Waals surface area contributed by atoms with E-state index < -0.39 is 5.82 Å². The highest BCUT2D eigenvalue weighted by Crippen LogP contribution is 2.42. The van der Waals surface area contributed by atoms with Crippen LogP contribution in [0.1, 0.15) is 32.0 Å². The Labute approximate surface area is 127 Å². The number of halogens is 3. The van der Waals surface area contributed by atoms with Gasteiger partial charge in [-0.05, 0) is 24.3 Å². The highest BCUT2D eigenvalue weighted by atomic mass is 35.5. The minimum atomic E-state index is -0.420. The van der Waals surface area contributed by atoms with E-state index in [-0.39, 0.29) is 5.02 Å². The van der Waals surface area contributed by atoms with E-state index in [4.69, 9.17) is 23.2 Å². The molecule has 20 heavy (non-hydrogen) atoms.